The highest BCUT2D eigenvalue weighted by atomic mass is 32.2. The number of benzene rings is 1. The lowest BCUT2D eigenvalue weighted by molar-refractivity contribution is -0.134. The molecule has 166 valence electrons. The smallest absolute Gasteiger partial charge is 0.305 e. The fourth-order valence-corrected chi connectivity index (χ4v) is 6.55. The number of nitrogens with one attached hydrogen (secondary N) is 1. The summed E-state index contributed by atoms with van der Waals surface area (Å²) in [7, 11) is -3.80. The predicted octanol–water partition coefficient (Wildman–Crippen LogP) is 0.392. The molecule has 10 nitrogen and oxygen atoms in total. The number of fused-ring (bicyclic) bond motifs is 1. The van der Waals surface area contributed by atoms with Crippen molar-refractivity contribution in [3.63, 3.8) is 0 Å². The van der Waals surface area contributed by atoms with Gasteiger partial charge in [0.05, 0.1) is 5.69 Å². The van der Waals surface area contributed by atoms with E-state index in [9.17, 15) is 22.8 Å². The molecule has 0 bridgehead atoms. The zero-order valence-corrected chi connectivity index (χ0v) is 18.7. The minimum atomic E-state index is -3.80. The monoisotopic (exact) mass is 466 g/mol. The fourth-order valence-electron chi connectivity index (χ4n) is 3.69. The summed E-state index contributed by atoms with van der Waals surface area (Å²) in [5.74, 6) is -0.0259. The Morgan fingerprint density at radius 1 is 1.19 bits per heavy atom. The predicted molar refractivity (Wildman–Crippen MR) is 114 cm³/mol. The molecule has 31 heavy (non-hydrogen) atoms. The van der Waals surface area contributed by atoms with Crippen LogP contribution in [-0.2, 0) is 19.6 Å². The van der Waals surface area contributed by atoms with E-state index in [1.165, 1.54) is 9.21 Å². The van der Waals surface area contributed by atoms with Crippen molar-refractivity contribution >= 4 is 38.9 Å². The molecule has 1 saturated heterocycles. The maximum Gasteiger partial charge on any atom is 0.305 e. The summed E-state index contributed by atoms with van der Waals surface area (Å²) >= 11 is 0.662. The van der Waals surface area contributed by atoms with E-state index in [4.69, 9.17) is 4.74 Å². The van der Waals surface area contributed by atoms with Gasteiger partial charge in [0.25, 0.3) is 15.9 Å². The molecule has 4 rings (SSSR count). The number of piperazine rings is 1. The SMILES string of the molecule is Cc1[nH]c(=O)sc1S(=O)(=O)N1CCN(C(=O)CN2C(=O)C(C)Oc3ccccc32)CC1. The topological polar surface area (TPSA) is 120 Å². The number of carbonyl (C=O) groups is 2. The Hall–Kier alpha value is -2.70. The van der Waals surface area contributed by atoms with Crippen LogP contribution < -0.4 is 14.5 Å². The number of rotatable bonds is 4. The van der Waals surface area contributed by atoms with Crippen LogP contribution in [0.5, 0.6) is 5.75 Å². The van der Waals surface area contributed by atoms with Crippen molar-refractivity contribution in [3.8, 4) is 5.75 Å². The molecule has 1 atom stereocenters. The van der Waals surface area contributed by atoms with Gasteiger partial charge in [-0.2, -0.15) is 4.31 Å². The lowest BCUT2D eigenvalue weighted by Gasteiger charge is -2.37. The molecule has 0 saturated carbocycles. The third-order valence-corrected chi connectivity index (χ3v) is 8.79. The van der Waals surface area contributed by atoms with Crippen molar-refractivity contribution in [3.05, 3.63) is 39.6 Å². The summed E-state index contributed by atoms with van der Waals surface area (Å²) in [6.07, 6.45) is -0.693. The molecule has 1 unspecified atom stereocenters. The van der Waals surface area contributed by atoms with Gasteiger partial charge in [0, 0.05) is 31.9 Å². The second kappa shape index (κ2) is 8.09. The van der Waals surface area contributed by atoms with E-state index >= 15 is 0 Å². The highest BCUT2D eigenvalue weighted by Gasteiger charge is 2.36. The molecule has 1 aromatic carbocycles. The van der Waals surface area contributed by atoms with Gasteiger partial charge >= 0.3 is 4.87 Å². The van der Waals surface area contributed by atoms with E-state index < -0.39 is 21.0 Å². The van der Waals surface area contributed by atoms with Crippen molar-refractivity contribution < 1.29 is 22.7 Å². The number of aromatic nitrogens is 1. The highest BCUT2D eigenvalue weighted by molar-refractivity contribution is 7.91. The number of H-pyrrole nitrogens is 1. The van der Waals surface area contributed by atoms with Gasteiger partial charge in [-0.05, 0) is 26.0 Å². The van der Waals surface area contributed by atoms with Crippen molar-refractivity contribution in [1.82, 2.24) is 14.2 Å². The van der Waals surface area contributed by atoms with Gasteiger partial charge in [0.1, 0.15) is 12.3 Å². The van der Waals surface area contributed by atoms with Gasteiger partial charge < -0.3 is 14.6 Å². The van der Waals surface area contributed by atoms with Crippen LogP contribution in [0.25, 0.3) is 0 Å². The van der Waals surface area contributed by atoms with Gasteiger partial charge in [0.15, 0.2) is 10.3 Å². The first-order valence-corrected chi connectivity index (χ1v) is 12.0. The number of thiazole rings is 1. The van der Waals surface area contributed by atoms with Crippen LogP contribution in [0, 0.1) is 6.92 Å². The van der Waals surface area contributed by atoms with Crippen LogP contribution in [0.2, 0.25) is 0 Å². The average Bonchev–Trinajstić information content (AvgIpc) is 3.10. The molecule has 2 aliphatic rings. The van der Waals surface area contributed by atoms with Crippen molar-refractivity contribution in [2.75, 3.05) is 37.6 Å². The minimum absolute atomic E-state index is 0.00165. The highest BCUT2D eigenvalue weighted by Crippen LogP contribution is 2.33. The average molecular weight is 467 g/mol. The number of hydrogen-bond acceptors (Lipinski definition) is 7. The number of nitrogens with zero attached hydrogens (tertiary/aromatic N) is 3. The van der Waals surface area contributed by atoms with E-state index in [2.05, 4.69) is 4.98 Å². The molecule has 0 aliphatic carbocycles. The molecular formula is C19H22N4O6S2. The molecule has 1 aromatic heterocycles. The maximum absolute atomic E-state index is 12.9. The number of sulfonamides is 1. The zero-order chi connectivity index (χ0) is 22.3. The largest absolute Gasteiger partial charge is 0.479 e. The molecule has 2 amide bonds. The number of para-hydroxylation sites is 2. The molecule has 2 aliphatic heterocycles. The Balaban J connectivity index is 1.44. The quantitative estimate of drug-likeness (QED) is 0.696. The van der Waals surface area contributed by atoms with Gasteiger partial charge in [-0.1, -0.05) is 23.5 Å². The number of carbonyl (C=O) groups excluding carboxylic acids is 2. The number of hydrogen-bond donors (Lipinski definition) is 1. The zero-order valence-electron chi connectivity index (χ0n) is 17.0. The lowest BCUT2D eigenvalue weighted by Crippen LogP contribution is -2.54. The first-order valence-electron chi connectivity index (χ1n) is 9.73. The van der Waals surface area contributed by atoms with E-state index in [0.717, 1.165) is 0 Å². The second-order valence-electron chi connectivity index (χ2n) is 7.36. The standard InChI is InChI=1S/C19H22N4O6S2/c1-12-18(30-19(26)20-12)31(27,28)22-9-7-21(8-10-22)16(24)11-23-14-5-3-4-6-15(14)29-13(2)17(23)25/h3-6,13H,7-11H2,1-2H3,(H,20,26). The third kappa shape index (κ3) is 3.98. The molecule has 1 fully saturated rings. The first-order chi connectivity index (χ1) is 14.7. The van der Waals surface area contributed by atoms with Crippen LogP contribution in [-0.4, -0.2) is 73.2 Å². The van der Waals surface area contributed by atoms with Gasteiger partial charge in [-0.3, -0.25) is 19.3 Å². The summed E-state index contributed by atoms with van der Waals surface area (Å²) < 4.78 is 32.5. The minimum Gasteiger partial charge on any atom is -0.479 e. The number of anilines is 1. The normalized spacial score (nSPS) is 19.8. The van der Waals surface area contributed by atoms with Crippen LogP contribution in [0.1, 0.15) is 12.6 Å². The Labute approximate surface area is 183 Å². The summed E-state index contributed by atoms with van der Waals surface area (Å²) in [5, 5.41) is 0. The molecule has 12 heteroatoms. The van der Waals surface area contributed by atoms with Crippen molar-refractivity contribution in [1.29, 1.82) is 0 Å². The number of aryl methyl sites for hydroxylation is 1. The van der Waals surface area contributed by atoms with Crippen LogP contribution >= 0.6 is 11.3 Å². The Morgan fingerprint density at radius 2 is 1.87 bits per heavy atom. The van der Waals surface area contributed by atoms with Gasteiger partial charge in [-0.25, -0.2) is 8.42 Å². The van der Waals surface area contributed by atoms with Crippen LogP contribution in [0.15, 0.2) is 33.3 Å². The van der Waals surface area contributed by atoms with Gasteiger partial charge in [0.2, 0.25) is 5.91 Å². The van der Waals surface area contributed by atoms with Crippen molar-refractivity contribution in [2.45, 2.75) is 24.2 Å². The van der Waals surface area contributed by atoms with Gasteiger partial charge in [-0.15, -0.1) is 0 Å². The summed E-state index contributed by atoms with van der Waals surface area (Å²) in [5.41, 5.74) is 0.852. The van der Waals surface area contributed by atoms with E-state index in [0.29, 0.717) is 28.5 Å². The Bertz CT molecular complexity index is 1180. The van der Waals surface area contributed by atoms with E-state index in [-0.39, 0.29) is 48.7 Å². The molecule has 1 N–H and O–H groups in total. The Morgan fingerprint density at radius 3 is 2.52 bits per heavy atom. The van der Waals surface area contributed by atoms with Crippen LogP contribution in [0.4, 0.5) is 5.69 Å². The number of amides is 2. The molecule has 0 radical (unpaired) electrons. The molecule has 0 spiro atoms. The van der Waals surface area contributed by atoms with E-state index in [1.807, 2.05) is 0 Å². The first kappa shape index (κ1) is 21.5. The second-order valence-corrected chi connectivity index (χ2v) is 10.5. The van der Waals surface area contributed by atoms with Crippen LogP contribution in [0.3, 0.4) is 0 Å². The third-order valence-electron chi connectivity index (χ3n) is 5.31. The summed E-state index contributed by atoms with van der Waals surface area (Å²) in [6, 6.07) is 7.03. The lowest BCUT2D eigenvalue weighted by atomic mass is 10.2. The molecular weight excluding hydrogens is 444 g/mol. The maximum atomic E-state index is 12.9. The summed E-state index contributed by atoms with van der Waals surface area (Å²) in [4.78, 5) is 42.0. The molecule has 3 heterocycles. The van der Waals surface area contributed by atoms with E-state index in [1.54, 1.807) is 43.0 Å². The number of ether oxygens (including phenoxy) is 1. The number of aromatic amines is 1. The fraction of sp³-hybridized carbons (Fsp3) is 0.421. The molecule has 2 aromatic rings. The Kier molecular flexibility index (Phi) is 5.62. The van der Waals surface area contributed by atoms with Crippen molar-refractivity contribution in [2.24, 2.45) is 0 Å². The summed E-state index contributed by atoms with van der Waals surface area (Å²) in [6.45, 7) is 3.67.